The molecule has 0 radical (unpaired) electrons. The standard InChI is InChI=1S/C23H23N3O3S/c1-27-18-10-9-15(12-19(18)28-2)26(13-16-6-5-11-29-16)22-21-17-7-3-4-8-20(17)30-23(21)25-14-24-22/h5-6,9-12,14H,3-4,7-8,13H2,1-2H3. The summed E-state index contributed by atoms with van der Waals surface area (Å²) >= 11 is 1.80. The summed E-state index contributed by atoms with van der Waals surface area (Å²) in [6.45, 7) is 0.555. The molecular formula is C23H23N3O3S. The lowest BCUT2D eigenvalue weighted by Crippen LogP contribution is -2.18. The second-order valence-electron chi connectivity index (χ2n) is 7.29. The van der Waals surface area contributed by atoms with E-state index in [1.165, 1.54) is 28.7 Å². The third-order valence-electron chi connectivity index (χ3n) is 5.56. The van der Waals surface area contributed by atoms with Gasteiger partial charge in [-0.1, -0.05) is 0 Å². The van der Waals surface area contributed by atoms with Crippen molar-refractivity contribution in [2.24, 2.45) is 0 Å². The number of hydrogen-bond donors (Lipinski definition) is 0. The highest BCUT2D eigenvalue weighted by molar-refractivity contribution is 7.19. The summed E-state index contributed by atoms with van der Waals surface area (Å²) in [5.41, 5.74) is 2.36. The topological polar surface area (TPSA) is 60.6 Å². The van der Waals surface area contributed by atoms with Gasteiger partial charge in [0.1, 0.15) is 22.7 Å². The van der Waals surface area contributed by atoms with Crippen molar-refractivity contribution in [3.63, 3.8) is 0 Å². The molecule has 0 atom stereocenters. The Morgan fingerprint density at radius 1 is 1.07 bits per heavy atom. The minimum Gasteiger partial charge on any atom is -0.493 e. The van der Waals surface area contributed by atoms with E-state index in [0.717, 1.165) is 34.9 Å². The summed E-state index contributed by atoms with van der Waals surface area (Å²) in [6, 6.07) is 9.82. The Kier molecular flexibility index (Phi) is 5.04. The van der Waals surface area contributed by atoms with Gasteiger partial charge in [-0.05, 0) is 55.5 Å². The molecule has 6 nitrogen and oxygen atoms in total. The summed E-state index contributed by atoms with van der Waals surface area (Å²) < 4.78 is 16.7. The van der Waals surface area contributed by atoms with Crippen molar-refractivity contribution in [2.75, 3.05) is 19.1 Å². The van der Waals surface area contributed by atoms with Gasteiger partial charge in [-0.25, -0.2) is 9.97 Å². The van der Waals surface area contributed by atoms with Gasteiger partial charge in [0, 0.05) is 16.6 Å². The molecule has 5 rings (SSSR count). The number of nitrogens with zero attached hydrogens (tertiary/aromatic N) is 3. The molecule has 3 aromatic heterocycles. The number of aryl methyl sites for hydroxylation is 2. The van der Waals surface area contributed by atoms with Crippen molar-refractivity contribution in [3.8, 4) is 11.5 Å². The Morgan fingerprint density at radius 2 is 1.93 bits per heavy atom. The smallest absolute Gasteiger partial charge is 0.162 e. The van der Waals surface area contributed by atoms with Gasteiger partial charge >= 0.3 is 0 Å². The van der Waals surface area contributed by atoms with Crippen LogP contribution in [-0.4, -0.2) is 24.2 Å². The van der Waals surface area contributed by atoms with Gasteiger partial charge in [-0.3, -0.25) is 0 Å². The SMILES string of the molecule is COc1ccc(N(Cc2ccco2)c2ncnc3sc4c(c23)CCCC4)cc1OC. The molecule has 4 aromatic rings. The van der Waals surface area contributed by atoms with Crippen LogP contribution < -0.4 is 14.4 Å². The number of methoxy groups -OCH3 is 2. The minimum absolute atomic E-state index is 0.555. The summed E-state index contributed by atoms with van der Waals surface area (Å²) in [7, 11) is 3.29. The number of benzene rings is 1. The highest BCUT2D eigenvalue weighted by atomic mass is 32.1. The first-order valence-corrected chi connectivity index (χ1v) is 10.9. The number of anilines is 2. The van der Waals surface area contributed by atoms with E-state index in [4.69, 9.17) is 18.9 Å². The molecule has 0 unspecified atom stereocenters. The Morgan fingerprint density at radius 3 is 2.73 bits per heavy atom. The van der Waals surface area contributed by atoms with Crippen LogP contribution in [0.15, 0.2) is 47.3 Å². The molecule has 1 aliphatic rings. The highest BCUT2D eigenvalue weighted by Gasteiger charge is 2.24. The summed E-state index contributed by atoms with van der Waals surface area (Å²) in [5, 5.41) is 1.17. The Hall–Kier alpha value is -3.06. The van der Waals surface area contributed by atoms with Gasteiger partial charge < -0.3 is 18.8 Å². The Labute approximate surface area is 179 Å². The first-order valence-electron chi connectivity index (χ1n) is 10.1. The van der Waals surface area contributed by atoms with Crippen LogP contribution >= 0.6 is 11.3 Å². The van der Waals surface area contributed by atoms with Crippen molar-refractivity contribution in [1.29, 1.82) is 0 Å². The summed E-state index contributed by atoms with van der Waals surface area (Å²) in [4.78, 5) is 14.0. The second-order valence-corrected chi connectivity index (χ2v) is 8.38. The number of ether oxygens (including phenoxy) is 2. The molecule has 0 fully saturated rings. The van der Waals surface area contributed by atoms with E-state index in [1.807, 2.05) is 30.3 Å². The quantitative estimate of drug-likeness (QED) is 0.409. The monoisotopic (exact) mass is 421 g/mol. The molecule has 7 heteroatoms. The zero-order valence-corrected chi connectivity index (χ0v) is 17.9. The fraction of sp³-hybridized carbons (Fsp3) is 0.304. The third kappa shape index (κ3) is 3.29. The minimum atomic E-state index is 0.555. The molecule has 0 saturated heterocycles. The maximum absolute atomic E-state index is 5.68. The molecule has 0 bridgehead atoms. The molecule has 1 aliphatic carbocycles. The van der Waals surface area contributed by atoms with Crippen LogP contribution in [0.1, 0.15) is 29.0 Å². The summed E-state index contributed by atoms with van der Waals surface area (Å²) in [5.74, 6) is 3.14. The molecule has 0 N–H and O–H groups in total. The van der Waals surface area contributed by atoms with E-state index in [1.54, 1.807) is 38.1 Å². The number of fused-ring (bicyclic) bond motifs is 3. The normalized spacial score (nSPS) is 13.3. The lowest BCUT2D eigenvalue weighted by molar-refractivity contribution is 0.355. The molecule has 0 amide bonds. The van der Waals surface area contributed by atoms with E-state index in [9.17, 15) is 0 Å². The predicted octanol–water partition coefficient (Wildman–Crippen LogP) is 5.52. The van der Waals surface area contributed by atoms with Gasteiger partial charge in [-0.15, -0.1) is 11.3 Å². The molecule has 0 saturated carbocycles. The zero-order valence-electron chi connectivity index (χ0n) is 17.1. The molecule has 30 heavy (non-hydrogen) atoms. The van der Waals surface area contributed by atoms with Crippen LogP contribution in [-0.2, 0) is 19.4 Å². The van der Waals surface area contributed by atoms with Gasteiger partial charge in [-0.2, -0.15) is 0 Å². The average molecular weight is 422 g/mol. The molecule has 3 heterocycles. The van der Waals surface area contributed by atoms with Gasteiger partial charge in [0.05, 0.1) is 32.4 Å². The van der Waals surface area contributed by atoms with Crippen LogP contribution in [0.5, 0.6) is 11.5 Å². The van der Waals surface area contributed by atoms with Crippen molar-refractivity contribution in [3.05, 3.63) is 59.1 Å². The van der Waals surface area contributed by atoms with E-state index in [2.05, 4.69) is 9.88 Å². The molecule has 154 valence electrons. The van der Waals surface area contributed by atoms with Crippen molar-refractivity contribution in [2.45, 2.75) is 32.2 Å². The van der Waals surface area contributed by atoms with E-state index in [0.29, 0.717) is 18.0 Å². The largest absolute Gasteiger partial charge is 0.493 e. The van der Waals surface area contributed by atoms with Gasteiger partial charge in [0.15, 0.2) is 11.5 Å². The highest BCUT2D eigenvalue weighted by Crippen LogP contribution is 2.42. The third-order valence-corrected chi connectivity index (χ3v) is 6.76. The van der Waals surface area contributed by atoms with Crippen molar-refractivity contribution >= 4 is 33.1 Å². The Balaban J connectivity index is 1.69. The van der Waals surface area contributed by atoms with E-state index in [-0.39, 0.29) is 0 Å². The first kappa shape index (κ1) is 18.9. The number of furan rings is 1. The fourth-order valence-corrected chi connectivity index (χ4v) is 5.34. The maximum atomic E-state index is 5.68. The number of hydrogen-bond acceptors (Lipinski definition) is 7. The average Bonchev–Trinajstić information content (AvgIpc) is 3.44. The first-order chi connectivity index (χ1) is 14.8. The van der Waals surface area contributed by atoms with Gasteiger partial charge in [0.2, 0.25) is 0 Å². The van der Waals surface area contributed by atoms with Crippen molar-refractivity contribution in [1.82, 2.24) is 9.97 Å². The lowest BCUT2D eigenvalue weighted by Gasteiger charge is -2.25. The molecule has 0 spiro atoms. The van der Waals surface area contributed by atoms with Crippen molar-refractivity contribution < 1.29 is 13.9 Å². The van der Waals surface area contributed by atoms with Crippen LogP contribution in [0.25, 0.3) is 10.2 Å². The number of aromatic nitrogens is 2. The molecular weight excluding hydrogens is 398 g/mol. The number of rotatable bonds is 6. The van der Waals surface area contributed by atoms with E-state index < -0.39 is 0 Å². The molecule has 0 aliphatic heterocycles. The maximum Gasteiger partial charge on any atom is 0.162 e. The van der Waals surface area contributed by atoms with Crippen LogP contribution in [0.3, 0.4) is 0 Å². The lowest BCUT2D eigenvalue weighted by atomic mass is 9.97. The fourth-order valence-electron chi connectivity index (χ4n) is 4.12. The summed E-state index contributed by atoms with van der Waals surface area (Å²) in [6.07, 6.45) is 8.02. The van der Waals surface area contributed by atoms with Crippen LogP contribution in [0, 0.1) is 0 Å². The van der Waals surface area contributed by atoms with E-state index >= 15 is 0 Å². The molecule has 1 aromatic carbocycles. The second kappa shape index (κ2) is 7.99. The van der Waals surface area contributed by atoms with Crippen LogP contribution in [0.4, 0.5) is 11.5 Å². The van der Waals surface area contributed by atoms with Gasteiger partial charge in [0.25, 0.3) is 0 Å². The predicted molar refractivity (Wildman–Crippen MR) is 118 cm³/mol. The number of thiophene rings is 1. The zero-order chi connectivity index (χ0) is 20.5. The van der Waals surface area contributed by atoms with Crippen LogP contribution in [0.2, 0.25) is 0 Å². The Bertz CT molecular complexity index is 1170.